The topological polar surface area (TPSA) is 68.0 Å². The normalized spacial score (nSPS) is 11.1. The number of carboxylic acid groups (broad SMARTS) is 1. The number of aromatic nitrogens is 3. The van der Waals surface area contributed by atoms with E-state index in [9.17, 15) is 4.79 Å². The number of aryl methyl sites for hydroxylation is 1. The predicted molar refractivity (Wildman–Crippen MR) is 86.2 cm³/mol. The standard InChI is InChI=1S/C14H16BrN3O2S/c1-8(2)13-16-17-14(21-7-12(19)20)18(13)11-5-9(3)4-10(15)6-11/h4-6,8H,7H2,1-3H3,(H,19,20). The molecule has 0 unspecified atom stereocenters. The van der Waals surface area contributed by atoms with Gasteiger partial charge in [-0.2, -0.15) is 0 Å². The van der Waals surface area contributed by atoms with E-state index in [1.807, 2.05) is 43.5 Å². The van der Waals surface area contributed by atoms with Gasteiger partial charge in [0.1, 0.15) is 5.82 Å². The fraction of sp³-hybridized carbons (Fsp3) is 0.357. The molecule has 0 aliphatic heterocycles. The molecule has 0 amide bonds. The van der Waals surface area contributed by atoms with E-state index in [2.05, 4.69) is 26.1 Å². The number of rotatable bonds is 5. The van der Waals surface area contributed by atoms with Gasteiger partial charge in [0.25, 0.3) is 0 Å². The van der Waals surface area contributed by atoms with E-state index in [1.165, 1.54) is 11.8 Å². The molecule has 1 aromatic carbocycles. The largest absolute Gasteiger partial charge is 0.481 e. The van der Waals surface area contributed by atoms with Crippen LogP contribution in [0.1, 0.15) is 31.2 Å². The van der Waals surface area contributed by atoms with Crippen LogP contribution in [0.3, 0.4) is 0 Å². The van der Waals surface area contributed by atoms with E-state index in [0.717, 1.165) is 21.5 Å². The molecule has 2 aromatic rings. The highest BCUT2D eigenvalue weighted by Crippen LogP contribution is 2.28. The van der Waals surface area contributed by atoms with Crippen molar-refractivity contribution in [3.05, 3.63) is 34.1 Å². The second-order valence-electron chi connectivity index (χ2n) is 5.00. The first-order chi connectivity index (χ1) is 9.88. The van der Waals surface area contributed by atoms with Gasteiger partial charge >= 0.3 is 5.97 Å². The minimum absolute atomic E-state index is 0.0385. The van der Waals surface area contributed by atoms with Crippen molar-refractivity contribution in [3.63, 3.8) is 0 Å². The van der Waals surface area contributed by atoms with Gasteiger partial charge in [-0.3, -0.25) is 9.36 Å². The van der Waals surface area contributed by atoms with Crippen LogP contribution >= 0.6 is 27.7 Å². The van der Waals surface area contributed by atoms with Crippen LogP contribution in [0.25, 0.3) is 5.69 Å². The number of benzene rings is 1. The molecule has 2 rings (SSSR count). The molecule has 0 atom stereocenters. The number of carboxylic acids is 1. The number of nitrogens with zero attached hydrogens (tertiary/aromatic N) is 3. The smallest absolute Gasteiger partial charge is 0.313 e. The first kappa shape index (κ1) is 16.0. The number of hydrogen-bond acceptors (Lipinski definition) is 4. The fourth-order valence-electron chi connectivity index (χ4n) is 1.96. The summed E-state index contributed by atoms with van der Waals surface area (Å²) in [5.74, 6) is 0.103. The van der Waals surface area contributed by atoms with Crippen molar-refractivity contribution in [1.29, 1.82) is 0 Å². The van der Waals surface area contributed by atoms with Gasteiger partial charge in [-0.15, -0.1) is 10.2 Å². The summed E-state index contributed by atoms with van der Waals surface area (Å²) < 4.78 is 2.89. The Morgan fingerprint density at radius 1 is 1.38 bits per heavy atom. The Balaban J connectivity index is 2.52. The van der Waals surface area contributed by atoms with Gasteiger partial charge < -0.3 is 5.11 Å². The molecule has 0 fully saturated rings. The van der Waals surface area contributed by atoms with Crippen LogP contribution in [-0.2, 0) is 4.79 Å². The lowest BCUT2D eigenvalue weighted by molar-refractivity contribution is -0.133. The fourth-order valence-corrected chi connectivity index (χ4v) is 3.24. The first-order valence-corrected chi connectivity index (χ1v) is 8.24. The zero-order valence-electron chi connectivity index (χ0n) is 12.0. The van der Waals surface area contributed by atoms with Gasteiger partial charge in [-0.25, -0.2) is 0 Å². The second-order valence-corrected chi connectivity index (χ2v) is 6.86. The Hall–Kier alpha value is -1.34. The average Bonchev–Trinajstić information content (AvgIpc) is 2.78. The molecule has 0 aliphatic rings. The van der Waals surface area contributed by atoms with Crippen LogP contribution in [0.5, 0.6) is 0 Å². The highest BCUT2D eigenvalue weighted by Gasteiger charge is 2.18. The lowest BCUT2D eigenvalue weighted by Gasteiger charge is -2.13. The van der Waals surface area contributed by atoms with Crippen LogP contribution in [0, 0.1) is 6.92 Å². The Bertz CT molecular complexity index is 650. The molecule has 1 heterocycles. The summed E-state index contributed by atoms with van der Waals surface area (Å²) in [6, 6.07) is 6.03. The molecule has 0 saturated carbocycles. The number of halogens is 1. The summed E-state index contributed by atoms with van der Waals surface area (Å²) in [4.78, 5) is 10.8. The summed E-state index contributed by atoms with van der Waals surface area (Å²) >= 11 is 4.67. The third kappa shape index (κ3) is 3.85. The molecule has 21 heavy (non-hydrogen) atoms. The lowest BCUT2D eigenvalue weighted by atomic mass is 10.2. The minimum Gasteiger partial charge on any atom is -0.481 e. The van der Waals surface area contributed by atoms with E-state index in [-0.39, 0.29) is 11.7 Å². The van der Waals surface area contributed by atoms with Crippen LogP contribution < -0.4 is 0 Å². The van der Waals surface area contributed by atoms with E-state index in [1.54, 1.807) is 0 Å². The monoisotopic (exact) mass is 369 g/mol. The third-order valence-corrected chi connectivity index (χ3v) is 4.16. The zero-order chi connectivity index (χ0) is 15.6. The van der Waals surface area contributed by atoms with Crippen molar-refractivity contribution >= 4 is 33.7 Å². The number of hydrogen-bond donors (Lipinski definition) is 1. The molecule has 0 radical (unpaired) electrons. The lowest BCUT2D eigenvalue weighted by Crippen LogP contribution is -2.06. The summed E-state index contributed by atoms with van der Waals surface area (Å²) in [7, 11) is 0. The first-order valence-electron chi connectivity index (χ1n) is 6.46. The zero-order valence-corrected chi connectivity index (χ0v) is 14.4. The Morgan fingerprint density at radius 2 is 2.10 bits per heavy atom. The van der Waals surface area contributed by atoms with E-state index >= 15 is 0 Å². The maximum Gasteiger partial charge on any atom is 0.313 e. The van der Waals surface area contributed by atoms with Gasteiger partial charge in [0.15, 0.2) is 5.16 Å². The van der Waals surface area contributed by atoms with Crippen LogP contribution in [0.4, 0.5) is 0 Å². The van der Waals surface area contributed by atoms with Gasteiger partial charge in [-0.1, -0.05) is 41.5 Å². The molecular weight excluding hydrogens is 354 g/mol. The molecular formula is C14H16BrN3O2S. The number of aliphatic carboxylic acids is 1. The maximum absolute atomic E-state index is 10.8. The molecule has 1 aromatic heterocycles. The number of thioether (sulfide) groups is 1. The van der Waals surface area contributed by atoms with Crippen LogP contribution in [0.15, 0.2) is 27.8 Å². The van der Waals surface area contributed by atoms with Gasteiger partial charge in [0.05, 0.1) is 11.4 Å². The molecule has 0 spiro atoms. The van der Waals surface area contributed by atoms with E-state index < -0.39 is 5.97 Å². The molecule has 0 saturated heterocycles. The van der Waals surface area contributed by atoms with Crippen molar-refractivity contribution < 1.29 is 9.90 Å². The molecule has 7 heteroatoms. The van der Waals surface area contributed by atoms with Gasteiger partial charge in [0, 0.05) is 10.4 Å². The Morgan fingerprint density at radius 3 is 2.67 bits per heavy atom. The molecule has 1 N–H and O–H groups in total. The average molecular weight is 370 g/mol. The molecule has 0 bridgehead atoms. The van der Waals surface area contributed by atoms with Crippen LogP contribution in [-0.4, -0.2) is 31.6 Å². The second kappa shape index (κ2) is 6.62. The highest BCUT2D eigenvalue weighted by atomic mass is 79.9. The third-order valence-electron chi connectivity index (χ3n) is 2.78. The van der Waals surface area contributed by atoms with Gasteiger partial charge in [-0.05, 0) is 30.7 Å². The highest BCUT2D eigenvalue weighted by molar-refractivity contribution is 9.10. The van der Waals surface area contributed by atoms with Crippen LogP contribution in [0.2, 0.25) is 0 Å². The van der Waals surface area contributed by atoms with Crippen molar-refractivity contribution in [2.45, 2.75) is 31.8 Å². The van der Waals surface area contributed by atoms with Crippen molar-refractivity contribution in [2.24, 2.45) is 0 Å². The van der Waals surface area contributed by atoms with E-state index in [0.29, 0.717) is 5.16 Å². The van der Waals surface area contributed by atoms with Crippen molar-refractivity contribution in [1.82, 2.24) is 14.8 Å². The molecule has 0 aliphatic carbocycles. The minimum atomic E-state index is -0.869. The summed E-state index contributed by atoms with van der Waals surface area (Å²) in [6.07, 6.45) is 0. The quantitative estimate of drug-likeness (QED) is 0.814. The van der Waals surface area contributed by atoms with Crippen molar-refractivity contribution in [3.8, 4) is 5.69 Å². The Labute approximate surface area is 135 Å². The summed E-state index contributed by atoms with van der Waals surface area (Å²) in [5, 5.41) is 17.8. The number of carbonyl (C=O) groups is 1. The summed E-state index contributed by atoms with van der Waals surface area (Å²) in [6.45, 7) is 6.09. The SMILES string of the molecule is Cc1cc(Br)cc(-n2c(SCC(=O)O)nnc2C(C)C)c1. The maximum atomic E-state index is 10.8. The Kier molecular flexibility index (Phi) is 5.05. The van der Waals surface area contributed by atoms with Crippen molar-refractivity contribution in [2.75, 3.05) is 5.75 Å². The van der Waals surface area contributed by atoms with Gasteiger partial charge in [0.2, 0.25) is 0 Å². The predicted octanol–water partition coefficient (Wildman–Crippen LogP) is 3.64. The van der Waals surface area contributed by atoms with E-state index in [4.69, 9.17) is 5.11 Å². The molecule has 5 nitrogen and oxygen atoms in total. The molecule has 112 valence electrons. The summed E-state index contributed by atoms with van der Waals surface area (Å²) in [5.41, 5.74) is 2.04.